The fourth-order valence-electron chi connectivity index (χ4n) is 3.74. The molecular weight excluding hydrogens is 511 g/mol. The number of hydrogen-bond acceptors (Lipinski definition) is 8. The summed E-state index contributed by atoms with van der Waals surface area (Å²) in [5.74, 6) is 0.449. The molecule has 7 nitrogen and oxygen atoms in total. The molecule has 0 unspecified atom stereocenters. The van der Waals surface area contributed by atoms with E-state index >= 15 is 0 Å². The topological polar surface area (TPSA) is 96.9 Å². The van der Waals surface area contributed by atoms with Crippen LogP contribution >= 0.6 is 22.7 Å². The van der Waals surface area contributed by atoms with Gasteiger partial charge in [-0.3, -0.25) is 4.72 Å². The third kappa shape index (κ3) is 4.41. The quantitative estimate of drug-likeness (QED) is 0.246. The third-order valence-electron chi connectivity index (χ3n) is 5.50. The van der Waals surface area contributed by atoms with Gasteiger partial charge in [0.2, 0.25) is 0 Å². The first-order valence-electron chi connectivity index (χ1n) is 11.0. The van der Waals surface area contributed by atoms with E-state index in [4.69, 9.17) is 4.98 Å². The van der Waals surface area contributed by atoms with E-state index in [1.54, 1.807) is 34.9 Å². The predicted octanol–water partition coefficient (Wildman–Crippen LogP) is 6.82. The van der Waals surface area contributed by atoms with E-state index in [0.717, 1.165) is 37.8 Å². The van der Waals surface area contributed by atoms with Crippen LogP contribution in [0.3, 0.4) is 0 Å². The highest BCUT2D eigenvalue weighted by molar-refractivity contribution is 7.94. The molecule has 0 saturated heterocycles. The van der Waals surface area contributed by atoms with E-state index in [1.165, 1.54) is 5.56 Å². The number of hydrogen-bond donors (Lipinski definition) is 2. The van der Waals surface area contributed by atoms with Gasteiger partial charge >= 0.3 is 0 Å². The predicted molar refractivity (Wildman–Crippen MR) is 148 cm³/mol. The van der Waals surface area contributed by atoms with Gasteiger partial charge in [-0.25, -0.2) is 23.4 Å². The molecule has 0 amide bonds. The summed E-state index contributed by atoms with van der Waals surface area (Å²) in [6.45, 7) is 2.07. The maximum atomic E-state index is 12.9. The molecule has 0 bridgehead atoms. The Morgan fingerprint density at radius 2 is 1.53 bits per heavy atom. The van der Waals surface area contributed by atoms with Crippen LogP contribution in [0.15, 0.2) is 88.5 Å². The lowest BCUT2D eigenvalue weighted by Crippen LogP contribution is -2.15. The minimum atomic E-state index is -3.79. The second kappa shape index (κ2) is 8.98. The van der Waals surface area contributed by atoms with Gasteiger partial charge in [0.25, 0.3) is 10.0 Å². The largest absolute Gasteiger partial charge is 0.337 e. The van der Waals surface area contributed by atoms with Crippen LogP contribution in [0.1, 0.15) is 5.56 Å². The van der Waals surface area contributed by atoms with Crippen LogP contribution in [0, 0.1) is 6.92 Å². The highest BCUT2D eigenvalue weighted by Crippen LogP contribution is 2.33. The number of rotatable bonds is 6. The lowest BCUT2D eigenvalue weighted by Gasteiger charge is -2.13. The lowest BCUT2D eigenvalue weighted by molar-refractivity contribution is 0.603. The standard InChI is InChI=1S/C26H19N5O2S3/c1-16-8-13-21-22(15-16)35-26(30-21)17-9-11-18(12-10-17)27-24-25(29-20-6-3-2-5-19(20)28-24)31-36(32,33)23-7-4-14-34-23/h2-15H,1H3,(H,27,28)(H,29,31). The van der Waals surface area contributed by atoms with Crippen LogP contribution in [-0.4, -0.2) is 23.4 Å². The molecule has 0 spiro atoms. The van der Waals surface area contributed by atoms with Gasteiger partial charge in [-0.1, -0.05) is 24.3 Å². The number of fused-ring (bicyclic) bond motifs is 2. The normalized spacial score (nSPS) is 11.7. The summed E-state index contributed by atoms with van der Waals surface area (Å²) in [5.41, 5.74) is 5.18. The van der Waals surface area contributed by atoms with Crippen molar-refractivity contribution < 1.29 is 8.42 Å². The van der Waals surface area contributed by atoms with Crippen LogP contribution in [0.25, 0.3) is 31.8 Å². The van der Waals surface area contributed by atoms with Gasteiger partial charge in [-0.05, 0) is 72.5 Å². The number of aromatic nitrogens is 3. The summed E-state index contributed by atoms with van der Waals surface area (Å²) in [5, 5.41) is 5.89. The smallest absolute Gasteiger partial charge is 0.272 e. The first-order valence-corrected chi connectivity index (χ1v) is 14.2. The lowest BCUT2D eigenvalue weighted by atomic mass is 10.2. The summed E-state index contributed by atoms with van der Waals surface area (Å²) in [7, 11) is -3.79. The molecule has 36 heavy (non-hydrogen) atoms. The van der Waals surface area contributed by atoms with Crippen molar-refractivity contribution in [1.82, 2.24) is 15.0 Å². The average molecular weight is 530 g/mol. The summed E-state index contributed by atoms with van der Waals surface area (Å²) in [6, 6.07) is 24.6. The zero-order valence-electron chi connectivity index (χ0n) is 19.0. The van der Waals surface area contributed by atoms with Crippen molar-refractivity contribution in [2.45, 2.75) is 11.1 Å². The summed E-state index contributed by atoms with van der Waals surface area (Å²) < 4.78 is 29.8. The molecule has 0 aliphatic heterocycles. The third-order valence-corrected chi connectivity index (χ3v) is 9.30. The van der Waals surface area contributed by atoms with Crippen molar-refractivity contribution in [3.63, 3.8) is 0 Å². The number of sulfonamides is 1. The number of thiophene rings is 1. The molecule has 3 aromatic carbocycles. The van der Waals surface area contributed by atoms with Crippen molar-refractivity contribution in [1.29, 1.82) is 0 Å². The number of para-hydroxylation sites is 2. The summed E-state index contributed by atoms with van der Waals surface area (Å²) in [6.07, 6.45) is 0. The molecule has 178 valence electrons. The second-order valence-electron chi connectivity index (χ2n) is 8.14. The van der Waals surface area contributed by atoms with Crippen LogP contribution in [-0.2, 0) is 10.0 Å². The zero-order valence-corrected chi connectivity index (χ0v) is 21.4. The number of nitrogens with zero attached hydrogens (tertiary/aromatic N) is 3. The van der Waals surface area contributed by atoms with Crippen molar-refractivity contribution in [2.75, 3.05) is 10.0 Å². The van der Waals surface area contributed by atoms with E-state index in [2.05, 4.69) is 39.1 Å². The van der Waals surface area contributed by atoms with E-state index in [0.29, 0.717) is 16.9 Å². The Bertz CT molecular complexity index is 1810. The maximum absolute atomic E-state index is 12.9. The number of benzene rings is 3. The minimum absolute atomic E-state index is 0.132. The molecule has 0 saturated carbocycles. The van der Waals surface area contributed by atoms with Crippen molar-refractivity contribution in [2.24, 2.45) is 0 Å². The van der Waals surface area contributed by atoms with E-state index in [9.17, 15) is 8.42 Å². The van der Waals surface area contributed by atoms with Crippen molar-refractivity contribution >= 4 is 71.3 Å². The Morgan fingerprint density at radius 1 is 0.778 bits per heavy atom. The molecular formula is C26H19N5O2S3. The number of nitrogens with one attached hydrogen (secondary N) is 2. The highest BCUT2D eigenvalue weighted by Gasteiger charge is 2.20. The number of anilines is 3. The monoisotopic (exact) mass is 529 g/mol. The molecule has 0 aliphatic rings. The van der Waals surface area contributed by atoms with Gasteiger partial charge in [0.15, 0.2) is 11.6 Å². The van der Waals surface area contributed by atoms with Crippen molar-refractivity contribution in [3.8, 4) is 10.6 Å². The van der Waals surface area contributed by atoms with Crippen molar-refractivity contribution in [3.05, 3.63) is 89.8 Å². The molecule has 0 atom stereocenters. The van der Waals surface area contributed by atoms with Crippen LogP contribution in [0.4, 0.5) is 17.3 Å². The Kier molecular flexibility index (Phi) is 5.63. The average Bonchev–Trinajstić information content (AvgIpc) is 3.55. The number of thiazole rings is 1. The van der Waals surface area contributed by atoms with Gasteiger partial charge in [0, 0.05) is 11.3 Å². The number of aryl methyl sites for hydroxylation is 1. The fraction of sp³-hybridized carbons (Fsp3) is 0.0385. The first kappa shape index (κ1) is 22.6. The molecule has 0 radical (unpaired) electrons. The molecule has 2 N–H and O–H groups in total. The molecule has 6 rings (SSSR count). The minimum Gasteiger partial charge on any atom is -0.337 e. The first-order chi connectivity index (χ1) is 17.4. The zero-order chi connectivity index (χ0) is 24.7. The molecule has 6 aromatic rings. The molecule has 3 aromatic heterocycles. The van der Waals surface area contributed by atoms with Gasteiger partial charge in [0.05, 0.1) is 21.3 Å². The molecule has 0 aliphatic carbocycles. The van der Waals surface area contributed by atoms with Crippen LogP contribution < -0.4 is 10.0 Å². The Hall–Kier alpha value is -3.86. The van der Waals surface area contributed by atoms with E-state index in [1.807, 2.05) is 48.5 Å². The Labute approximate surface area is 215 Å². The van der Waals surface area contributed by atoms with Crippen LogP contribution in [0.2, 0.25) is 0 Å². The summed E-state index contributed by atoms with van der Waals surface area (Å²) in [4.78, 5) is 13.9. The molecule has 10 heteroatoms. The van der Waals surface area contributed by atoms with Gasteiger partial charge in [-0.15, -0.1) is 22.7 Å². The fourth-order valence-corrected chi connectivity index (χ4v) is 6.81. The second-order valence-corrected chi connectivity index (χ2v) is 12.0. The van der Waals surface area contributed by atoms with E-state index in [-0.39, 0.29) is 10.0 Å². The van der Waals surface area contributed by atoms with Crippen LogP contribution in [0.5, 0.6) is 0 Å². The molecule has 0 fully saturated rings. The van der Waals surface area contributed by atoms with Gasteiger partial charge < -0.3 is 5.32 Å². The Balaban J connectivity index is 1.33. The SMILES string of the molecule is Cc1ccc2nc(-c3ccc(Nc4nc5ccccc5nc4NS(=O)(=O)c4cccs4)cc3)sc2c1. The summed E-state index contributed by atoms with van der Waals surface area (Å²) >= 11 is 2.79. The Morgan fingerprint density at radius 3 is 2.25 bits per heavy atom. The van der Waals surface area contributed by atoms with Gasteiger partial charge in [-0.2, -0.15) is 0 Å². The molecule has 3 heterocycles. The maximum Gasteiger partial charge on any atom is 0.272 e. The van der Waals surface area contributed by atoms with E-state index < -0.39 is 10.0 Å². The van der Waals surface area contributed by atoms with Gasteiger partial charge in [0.1, 0.15) is 9.22 Å². The highest BCUT2D eigenvalue weighted by atomic mass is 32.2.